The standard InChI is InChI=1S/C6H13N2OP/c1-5-6-3-2-4-8(6)10(7)9-5/h5-6H,2-4,7H2,1H3/t5-,6-,10?/m0/s1. The quantitative estimate of drug-likeness (QED) is 0.538. The number of rotatable bonds is 0. The first kappa shape index (κ1) is 6.99. The summed E-state index contributed by atoms with van der Waals surface area (Å²) in [6.45, 7) is 3.27. The van der Waals surface area contributed by atoms with E-state index in [9.17, 15) is 0 Å². The third-order valence-electron chi connectivity index (χ3n) is 2.34. The second-order valence-electron chi connectivity index (χ2n) is 2.99. The van der Waals surface area contributed by atoms with Gasteiger partial charge in [-0.1, -0.05) is 0 Å². The molecule has 0 saturated carbocycles. The lowest BCUT2D eigenvalue weighted by atomic mass is 10.1. The second-order valence-corrected chi connectivity index (χ2v) is 4.32. The summed E-state index contributed by atoms with van der Waals surface area (Å²) in [7, 11) is -0.711. The Morgan fingerprint density at radius 1 is 1.70 bits per heavy atom. The SMILES string of the molecule is C[C@@H]1OP(N)N2CCC[C@@H]12. The molecule has 2 aliphatic heterocycles. The molecule has 2 saturated heterocycles. The number of nitrogens with two attached hydrogens (primary N) is 1. The van der Waals surface area contributed by atoms with E-state index in [0.29, 0.717) is 12.1 Å². The molecule has 0 aliphatic carbocycles. The number of fused-ring (bicyclic) bond motifs is 1. The first-order valence-corrected chi connectivity index (χ1v) is 5.05. The molecule has 2 rings (SSSR count). The molecule has 3 nitrogen and oxygen atoms in total. The van der Waals surface area contributed by atoms with Gasteiger partial charge in [-0.2, -0.15) is 0 Å². The van der Waals surface area contributed by atoms with Crippen LogP contribution in [0.3, 0.4) is 0 Å². The predicted octanol–water partition coefficient (Wildman–Crippen LogP) is 1.06. The van der Waals surface area contributed by atoms with Gasteiger partial charge in [0, 0.05) is 12.6 Å². The summed E-state index contributed by atoms with van der Waals surface area (Å²) in [5.74, 6) is 0. The molecule has 0 amide bonds. The Hall–Kier alpha value is 0.310. The fraction of sp³-hybridized carbons (Fsp3) is 1.00. The summed E-state index contributed by atoms with van der Waals surface area (Å²) in [6.07, 6.45) is 2.95. The van der Waals surface area contributed by atoms with Crippen molar-refractivity contribution in [3.63, 3.8) is 0 Å². The van der Waals surface area contributed by atoms with Gasteiger partial charge in [0.1, 0.15) is 0 Å². The van der Waals surface area contributed by atoms with Crippen molar-refractivity contribution in [2.75, 3.05) is 6.54 Å². The molecule has 0 aromatic rings. The Kier molecular flexibility index (Phi) is 1.69. The van der Waals surface area contributed by atoms with Crippen molar-refractivity contribution >= 4 is 8.45 Å². The third kappa shape index (κ3) is 0.892. The maximum absolute atomic E-state index is 5.78. The van der Waals surface area contributed by atoms with Crippen LogP contribution in [0.25, 0.3) is 0 Å². The molecule has 2 aliphatic rings. The molecule has 2 N–H and O–H groups in total. The van der Waals surface area contributed by atoms with Crippen LogP contribution in [0.2, 0.25) is 0 Å². The molecule has 2 fully saturated rings. The Labute approximate surface area is 62.5 Å². The Bertz CT molecular complexity index is 130. The molecule has 1 unspecified atom stereocenters. The van der Waals surface area contributed by atoms with Crippen molar-refractivity contribution in [1.82, 2.24) is 4.67 Å². The van der Waals surface area contributed by atoms with E-state index in [-0.39, 0.29) is 0 Å². The molecule has 0 bridgehead atoms. The van der Waals surface area contributed by atoms with Crippen molar-refractivity contribution in [1.29, 1.82) is 0 Å². The van der Waals surface area contributed by atoms with Crippen molar-refractivity contribution in [2.24, 2.45) is 5.50 Å². The fourth-order valence-electron chi connectivity index (χ4n) is 1.80. The molecule has 58 valence electrons. The lowest BCUT2D eigenvalue weighted by molar-refractivity contribution is 0.231. The van der Waals surface area contributed by atoms with Gasteiger partial charge >= 0.3 is 0 Å². The summed E-state index contributed by atoms with van der Waals surface area (Å²) in [5.41, 5.74) is 5.78. The van der Waals surface area contributed by atoms with Gasteiger partial charge in [-0.3, -0.25) is 5.50 Å². The van der Waals surface area contributed by atoms with Gasteiger partial charge in [0.15, 0.2) is 8.45 Å². The lowest BCUT2D eigenvalue weighted by Gasteiger charge is -2.15. The first-order chi connectivity index (χ1) is 4.79. The van der Waals surface area contributed by atoms with Gasteiger partial charge in [-0.15, -0.1) is 0 Å². The van der Waals surface area contributed by atoms with Gasteiger partial charge in [0.05, 0.1) is 6.10 Å². The molecule has 0 radical (unpaired) electrons. The number of hydrogen-bond acceptors (Lipinski definition) is 3. The van der Waals surface area contributed by atoms with Crippen LogP contribution in [0, 0.1) is 0 Å². The van der Waals surface area contributed by atoms with Crippen LogP contribution in [0.15, 0.2) is 0 Å². The predicted molar refractivity (Wildman–Crippen MR) is 41.4 cm³/mol. The van der Waals surface area contributed by atoms with Gasteiger partial charge in [-0.05, 0) is 19.8 Å². The molecular formula is C6H13N2OP. The van der Waals surface area contributed by atoms with E-state index in [2.05, 4.69) is 11.6 Å². The zero-order chi connectivity index (χ0) is 7.14. The van der Waals surface area contributed by atoms with Crippen LogP contribution in [0.4, 0.5) is 0 Å². The van der Waals surface area contributed by atoms with Gasteiger partial charge in [0.2, 0.25) is 0 Å². The molecule has 0 aromatic carbocycles. The Morgan fingerprint density at radius 3 is 3.20 bits per heavy atom. The smallest absolute Gasteiger partial charge is 0.182 e. The maximum Gasteiger partial charge on any atom is 0.182 e. The summed E-state index contributed by atoms with van der Waals surface area (Å²) in [4.78, 5) is 0. The lowest BCUT2D eigenvalue weighted by Crippen LogP contribution is -2.25. The van der Waals surface area contributed by atoms with E-state index in [1.54, 1.807) is 0 Å². The van der Waals surface area contributed by atoms with Crippen molar-refractivity contribution in [3.8, 4) is 0 Å². The molecule has 4 heteroatoms. The summed E-state index contributed by atoms with van der Waals surface area (Å²) < 4.78 is 7.82. The molecular weight excluding hydrogens is 147 g/mol. The number of hydrogen-bond donors (Lipinski definition) is 1. The molecule has 3 atom stereocenters. The van der Waals surface area contributed by atoms with E-state index in [1.807, 2.05) is 0 Å². The minimum absolute atomic E-state index is 0.374. The highest BCUT2D eigenvalue weighted by Crippen LogP contribution is 2.49. The monoisotopic (exact) mass is 160 g/mol. The largest absolute Gasteiger partial charge is 0.327 e. The average Bonchev–Trinajstić information content (AvgIpc) is 2.39. The normalized spacial score (nSPS) is 48.0. The van der Waals surface area contributed by atoms with E-state index in [4.69, 9.17) is 10.0 Å². The zero-order valence-electron chi connectivity index (χ0n) is 6.16. The van der Waals surface area contributed by atoms with Gasteiger partial charge in [0.25, 0.3) is 0 Å². The maximum atomic E-state index is 5.78. The zero-order valence-corrected chi connectivity index (χ0v) is 7.05. The summed E-state index contributed by atoms with van der Waals surface area (Å²) in [6, 6.07) is 0.635. The highest BCUT2D eigenvalue weighted by molar-refractivity contribution is 7.47. The number of nitrogens with zero attached hydrogens (tertiary/aromatic N) is 1. The van der Waals surface area contributed by atoms with Crippen LogP contribution in [-0.2, 0) is 4.52 Å². The molecule has 10 heavy (non-hydrogen) atoms. The highest BCUT2D eigenvalue weighted by Gasteiger charge is 2.41. The van der Waals surface area contributed by atoms with E-state index in [1.165, 1.54) is 12.8 Å². The van der Waals surface area contributed by atoms with Crippen LogP contribution in [-0.4, -0.2) is 23.4 Å². The average molecular weight is 160 g/mol. The summed E-state index contributed by atoms with van der Waals surface area (Å²) in [5, 5.41) is 0. The molecule has 2 heterocycles. The van der Waals surface area contributed by atoms with Gasteiger partial charge in [-0.25, -0.2) is 4.67 Å². The topological polar surface area (TPSA) is 38.5 Å². The van der Waals surface area contributed by atoms with Crippen LogP contribution < -0.4 is 5.50 Å². The second kappa shape index (κ2) is 2.42. The van der Waals surface area contributed by atoms with E-state index < -0.39 is 8.45 Å². The van der Waals surface area contributed by atoms with E-state index in [0.717, 1.165) is 6.54 Å². The minimum Gasteiger partial charge on any atom is -0.327 e. The minimum atomic E-state index is -0.711. The molecule has 0 aromatic heterocycles. The molecule has 0 spiro atoms. The highest BCUT2D eigenvalue weighted by atomic mass is 31.2. The van der Waals surface area contributed by atoms with Crippen molar-refractivity contribution in [2.45, 2.75) is 31.9 Å². The third-order valence-corrected chi connectivity index (χ3v) is 3.89. The van der Waals surface area contributed by atoms with Crippen LogP contribution in [0.5, 0.6) is 0 Å². The Morgan fingerprint density at radius 2 is 2.50 bits per heavy atom. The van der Waals surface area contributed by atoms with Crippen LogP contribution in [0.1, 0.15) is 19.8 Å². The Balaban J connectivity index is 2.11. The summed E-state index contributed by atoms with van der Waals surface area (Å²) >= 11 is 0. The van der Waals surface area contributed by atoms with Crippen molar-refractivity contribution in [3.05, 3.63) is 0 Å². The fourth-order valence-corrected chi connectivity index (χ4v) is 3.34. The van der Waals surface area contributed by atoms with E-state index >= 15 is 0 Å². The van der Waals surface area contributed by atoms with Crippen LogP contribution >= 0.6 is 8.45 Å². The van der Waals surface area contributed by atoms with Gasteiger partial charge < -0.3 is 4.52 Å². The first-order valence-electron chi connectivity index (χ1n) is 3.77. The van der Waals surface area contributed by atoms with Crippen molar-refractivity contribution < 1.29 is 4.52 Å².